The van der Waals surface area contributed by atoms with Crippen molar-refractivity contribution in [2.45, 2.75) is 52.5 Å². The topological polar surface area (TPSA) is 61.7 Å². The molecule has 1 aromatic rings. The van der Waals surface area contributed by atoms with Crippen LogP contribution in [0.25, 0.3) is 0 Å². The molecule has 28 heavy (non-hydrogen) atoms. The van der Waals surface area contributed by atoms with Gasteiger partial charge in [-0.3, -0.25) is 9.79 Å². The van der Waals surface area contributed by atoms with Gasteiger partial charge in [-0.15, -0.1) is 24.0 Å². The molecular weight excluding hydrogens is 465 g/mol. The van der Waals surface area contributed by atoms with Crippen LogP contribution in [0.4, 0.5) is 0 Å². The van der Waals surface area contributed by atoms with Gasteiger partial charge in [0, 0.05) is 38.4 Å². The molecule has 0 bridgehead atoms. The largest absolute Gasteiger partial charge is 0.357 e. The minimum absolute atomic E-state index is 0. The highest BCUT2D eigenvalue weighted by Crippen LogP contribution is 2.15. The van der Waals surface area contributed by atoms with Crippen LogP contribution < -0.4 is 16.2 Å². The summed E-state index contributed by atoms with van der Waals surface area (Å²) < 4.78 is 1.76. The monoisotopic (exact) mass is 503 g/mol. The third-order valence-electron chi connectivity index (χ3n) is 5.14. The zero-order valence-electron chi connectivity index (χ0n) is 17.5. The molecule has 0 saturated carbocycles. The maximum absolute atomic E-state index is 11.7. The predicted octanol–water partition coefficient (Wildman–Crippen LogP) is 2.92. The Morgan fingerprint density at radius 2 is 1.93 bits per heavy atom. The number of guanidine groups is 1. The number of halogens is 1. The highest BCUT2D eigenvalue weighted by molar-refractivity contribution is 14.0. The lowest BCUT2D eigenvalue weighted by molar-refractivity contribution is 0.192. The average molecular weight is 503 g/mol. The van der Waals surface area contributed by atoms with E-state index in [2.05, 4.69) is 29.4 Å². The van der Waals surface area contributed by atoms with Gasteiger partial charge in [0.15, 0.2) is 5.96 Å². The van der Waals surface area contributed by atoms with E-state index in [0.717, 1.165) is 63.9 Å². The fourth-order valence-electron chi connectivity index (χ4n) is 3.37. The van der Waals surface area contributed by atoms with Crippen molar-refractivity contribution in [2.75, 3.05) is 39.3 Å². The second-order valence-corrected chi connectivity index (χ2v) is 7.50. The van der Waals surface area contributed by atoms with Gasteiger partial charge in [0.25, 0.3) is 0 Å². The summed E-state index contributed by atoms with van der Waals surface area (Å²) >= 11 is 0. The molecule has 160 valence electrons. The number of nitrogens with one attached hydrogen (secondary N) is 2. The summed E-state index contributed by atoms with van der Waals surface area (Å²) in [4.78, 5) is 18.9. The SMILES string of the molecule is CCNC(=NCCCN1CCC(C)CC1)NCCCCn1ccccc1=O.I. The summed E-state index contributed by atoms with van der Waals surface area (Å²) in [6, 6.07) is 5.30. The van der Waals surface area contributed by atoms with Crippen LogP contribution in [0.1, 0.15) is 46.0 Å². The van der Waals surface area contributed by atoms with Crippen LogP contribution in [0.2, 0.25) is 0 Å². The van der Waals surface area contributed by atoms with Crippen LogP contribution in [0.5, 0.6) is 0 Å². The molecule has 0 aromatic carbocycles. The number of piperidine rings is 1. The highest BCUT2D eigenvalue weighted by Gasteiger charge is 2.14. The second kappa shape index (κ2) is 14.8. The molecule has 1 aliphatic heterocycles. The van der Waals surface area contributed by atoms with E-state index in [9.17, 15) is 4.79 Å². The van der Waals surface area contributed by atoms with Crippen molar-refractivity contribution in [1.29, 1.82) is 0 Å². The van der Waals surface area contributed by atoms with E-state index in [4.69, 9.17) is 4.99 Å². The number of rotatable bonds is 10. The molecule has 1 saturated heterocycles. The number of aromatic nitrogens is 1. The Morgan fingerprint density at radius 3 is 2.64 bits per heavy atom. The van der Waals surface area contributed by atoms with Crippen molar-refractivity contribution in [1.82, 2.24) is 20.1 Å². The van der Waals surface area contributed by atoms with Gasteiger partial charge in [-0.2, -0.15) is 0 Å². The van der Waals surface area contributed by atoms with Crippen molar-refractivity contribution in [3.05, 3.63) is 34.7 Å². The van der Waals surface area contributed by atoms with Crippen LogP contribution >= 0.6 is 24.0 Å². The van der Waals surface area contributed by atoms with E-state index in [-0.39, 0.29) is 29.5 Å². The van der Waals surface area contributed by atoms with Gasteiger partial charge >= 0.3 is 0 Å². The molecule has 0 atom stereocenters. The Balaban J connectivity index is 0.00000392. The molecule has 0 amide bonds. The summed E-state index contributed by atoms with van der Waals surface area (Å²) in [6.07, 6.45) is 7.62. The molecule has 0 spiro atoms. The van der Waals surface area contributed by atoms with Gasteiger partial charge < -0.3 is 20.1 Å². The van der Waals surface area contributed by atoms with Crippen molar-refractivity contribution >= 4 is 29.9 Å². The molecule has 1 aromatic heterocycles. The van der Waals surface area contributed by atoms with E-state index < -0.39 is 0 Å². The fraction of sp³-hybridized carbons (Fsp3) is 0.714. The van der Waals surface area contributed by atoms with Gasteiger partial charge in [-0.1, -0.05) is 13.0 Å². The van der Waals surface area contributed by atoms with Gasteiger partial charge in [0.2, 0.25) is 5.56 Å². The molecule has 2 rings (SSSR count). The summed E-state index contributed by atoms with van der Waals surface area (Å²) in [7, 11) is 0. The van der Waals surface area contributed by atoms with Gasteiger partial charge in [0.05, 0.1) is 0 Å². The first-order chi connectivity index (χ1) is 13.2. The zero-order valence-corrected chi connectivity index (χ0v) is 19.9. The first kappa shape index (κ1) is 24.9. The Labute approximate surface area is 187 Å². The summed E-state index contributed by atoms with van der Waals surface area (Å²) in [6.45, 7) is 11.5. The lowest BCUT2D eigenvalue weighted by Gasteiger charge is -2.29. The third kappa shape index (κ3) is 9.91. The van der Waals surface area contributed by atoms with E-state index >= 15 is 0 Å². The number of aryl methyl sites for hydroxylation is 1. The molecule has 0 radical (unpaired) electrons. The normalized spacial score (nSPS) is 15.9. The number of pyridine rings is 1. The average Bonchev–Trinajstić information content (AvgIpc) is 2.67. The Kier molecular flexibility index (Phi) is 13.2. The molecule has 2 N–H and O–H groups in total. The quantitative estimate of drug-likeness (QED) is 0.223. The molecule has 0 unspecified atom stereocenters. The number of hydrogen-bond donors (Lipinski definition) is 2. The van der Waals surface area contributed by atoms with Crippen LogP contribution in [0.3, 0.4) is 0 Å². The van der Waals surface area contributed by atoms with Crippen molar-refractivity contribution < 1.29 is 0 Å². The lowest BCUT2D eigenvalue weighted by Crippen LogP contribution is -2.38. The van der Waals surface area contributed by atoms with E-state index in [1.165, 1.54) is 25.9 Å². The van der Waals surface area contributed by atoms with Crippen LogP contribution in [0, 0.1) is 5.92 Å². The van der Waals surface area contributed by atoms with E-state index in [1.54, 1.807) is 16.7 Å². The maximum atomic E-state index is 11.7. The Bertz CT molecular complexity index is 611. The molecule has 6 nitrogen and oxygen atoms in total. The van der Waals surface area contributed by atoms with Gasteiger partial charge in [-0.05, 0) is 70.6 Å². The van der Waals surface area contributed by atoms with E-state index in [0.29, 0.717) is 0 Å². The third-order valence-corrected chi connectivity index (χ3v) is 5.14. The minimum Gasteiger partial charge on any atom is -0.357 e. The summed E-state index contributed by atoms with van der Waals surface area (Å²) in [5, 5.41) is 6.72. The smallest absolute Gasteiger partial charge is 0.250 e. The van der Waals surface area contributed by atoms with Crippen LogP contribution in [-0.2, 0) is 6.54 Å². The van der Waals surface area contributed by atoms with Crippen molar-refractivity contribution in [3.63, 3.8) is 0 Å². The zero-order chi connectivity index (χ0) is 19.3. The standard InChI is InChI=1S/C21H37N5O.HI/c1-3-22-21(24-13-8-14-25-17-10-19(2)11-18-25)23-12-5-7-16-26-15-6-4-9-20(26)27;/h4,6,9,15,19H,3,5,7-8,10-14,16-18H2,1-2H3,(H2,22,23,24);1H. The first-order valence-electron chi connectivity index (χ1n) is 10.6. The molecular formula is C21H38IN5O. The number of aliphatic imine (C=N–C) groups is 1. The minimum atomic E-state index is 0. The molecule has 2 heterocycles. The summed E-state index contributed by atoms with van der Waals surface area (Å²) in [5.41, 5.74) is 0.0727. The molecule has 1 fully saturated rings. The number of nitrogens with zero attached hydrogens (tertiary/aromatic N) is 3. The maximum Gasteiger partial charge on any atom is 0.250 e. The number of hydrogen-bond acceptors (Lipinski definition) is 3. The first-order valence-corrected chi connectivity index (χ1v) is 10.6. The predicted molar refractivity (Wildman–Crippen MR) is 129 cm³/mol. The molecule has 0 aliphatic carbocycles. The number of unbranched alkanes of at least 4 members (excludes halogenated alkanes) is 1. The second-order valence-electron chi connectivity index (χ2n) is 7.50. The molecule has 1 aliphatic rings. The van der Waals surface area contributed by atoms with Crippen LogP contribution in [0.15, 0.2) is 34.2 Å². The van der Waals surface area contributed by atoms with Crippen LogP contribution in [-0.4, -0.2) is 54.7 Å². The van der Waals surface area contributed by atoms with Gasteiger partial charge in [-0.25, -0.2) is 0 Å². The van der Waals surface area contributed by atoms with E-state index in [1.807, 2.05) is 12.3 Å². The van der Waals surface area contributed by atoms with Gasteiger partial charge in [0.1, 0.15) is 0 Å². The fourth-order valence-corrected chi connectivity index (χ4v) is 3.37. The summed E-state index contributed by atoms with van der Waals surface area (Å²) in [5.74, 6) is 1.80. The number of likely N-dealkylation sites (tertiary alicyclic amines) is 1. The molecule has 7 heteroatoms. The van der Waals surface area contributed by atoms with Crippen molar-refractivity contribution in [3.8, 4) is 0 Å². The lowest BCUT2D eigenvalue weighted by atomic mass is 9.99. The van der Waals surface area contributed by atoms with Crippen molar-refractivity contribution in [2.24, 2.45) is 10.9 Å². The Morgan fingerprint density at radius 1 is 1.14 bits per heavy atom. The highest BCUT2D eigenvalue weighted by atomic mass is 127. The Hall–Kier alpha value is -1.09.